The largest absolute Gasteiger partial charge is 0.369 e. The Kier molecular flexibility index (Phi) is 2.44. The van der Waals surface area contributed by atoms with Crippen molar-refractivity contribution in [3.05, 3.63) is 35.4 Å². The van der Waals surface area contributed by atoms with E-state index in [4.69, 9.17) is 5.73 Å². The minimum atomic E-state index is -0.144. The molecule has 1 amide bonds. The Hall–Kier alpha value is -1.35. The van der Waals surface area contributed by atoms with Gasteiger partial charge in [0.05, 0.1) is 5.92 Å². The molecular formula is C14H18N2O. The number of benzene rings is 1. The van der Waals surface area contributed by atoms with E-state index in [-0.39, 0.29) is 17.2 Å². The highest BCUT2D eigenvalue weighted by Crippen LogP contribution is 2.43. The number of hydrogen-bond donors (Lipinski definition) is 2. The normalized spacial score (nSPS) is 31.4. The Morgan fingerprint density at radius 3 is 2.88 bits per heavy atom. The third kappa shape index (κ3) is 1.65. The van der Waals surface area contributed by atoms with Gasteiger partial charge in [-0.3, -0.25) is 4.79 Å². The van der Waals surface area contributed by atoms with Crippen LogP contribution in [-0.4, -0.2) is 19.0 Å². The topological polar surface area (TPSA) is 55.1 Å². The van der Waals surface area contributed by atoms with Gasteiger partial charge in [-0.05, 0) is 35.8 Å². The molecule has 1 spiro atoms. The number of carbonyl (C=O) groups excluding carboxylic acids is 1. The number of fused-ring (bicyclic) bond motifs is 1. The van der Waals surface area contributed by atoms with E-state index in [1.807, 2.05) is 0 Å². The average molecular weight is 230 g/mol. The summed E-state index contributed by atoms with van der Waals surface area (Å²) in [5, 5.41) is 3.34. The van der Waals surface area contributed by atoms with Gasteiger partial charge in [-0.15, -0.1) is 0 Å². The summed E-state index contributed by atoms with van der Waals surface area (Å²) in [4.78, 5) is 11.6. The van der Waals surface area contributed by atoms with E-state index in [2.05, 4.69) is 29.6 Å². The summed E-state index contributed by atoms with van der Waals surface area (Å²) in [6.07, 6.45) is 3.13. The fraction of sp³-hybridized carbons (Fsp3) is 0.500. The number of hydrogen-bond acceptors (Lipinski definition) is 2. The number of carbonyl (C=O) groups is 1. The van der Waals surface area contributed by atoms with Gasteiger partial charge in [-0.1, -0.05) is 24.3 Å². The molecule has 0 saturated carbocycles. The molecule has 17 heavy (non-hydrogen) atoms. The van der Waals surface area contributed by atoms with Crippen molar-refractivity contribution in [1.82, 2.24) is 5.32 Å². The van der Waals surface area contributed by atoms with Crippen LogP contribution >= 0.6 is 0 Å². The van der Waals surface area contributed by atoms with E-state index in [0.717, 1.165) is 32.4 Å². The van der Waals surface area contributed by atoms with Crippen LogP contribution in [0.15, 0.2) is 24.3 Å². The highest BCUT2D eigenvalue weighted by atomic mass is 16.1. The van der Waals surface area contributed by atoms with Crippen LogP contribution < -0.4 is 11.1 Å². The fourth-order valence-corrected chi connectivity index (χ4v) is 3.48. The zero-order valence-corrected chi connectivity index (χ0v) is 9.91. The van der Waals surface area contributed by atoms with Crippen molar-refractivity contribution in [2.45, 2.75) is 19.3 Å². The van der Waals surface area contributed by atoms with Crippen LogP contribution in [0, 0.1) is 11.3 Å². The van der Waals surface area contributed by atoms with Crippen LogP contribution in [0.5, 0.6) is 0 Å². The molecule has 1 aliphatic carbocycles. The number of nitrogens with one attached hydrogen (secondary N) is 1. The van der Waals surface area contributed by atoms with Crippen LogP contribution in [0.4, 0.5) is 0 Å². The number of rotatable bonds is 1. The van der Waals surface area contributed by atoms with Gasteiger partial charge in [-0.25, -0.2) is 0 Å². The molecule has 3 N–H and O–H groups in total. The number of primary amides is 1. The van der Waals surface area contributed by atoms with Crippen molar-refractivity contribution in [3.8, 4) is 0 Å². The first-order valence-corrected chi connectivity index (χ1v) is 6.28. The molecule has 1 aromatic rings. The maximum absolute atomic E-state index is 11.6. The third-order valence-electron chi connectivity index (χ3n) is 4.46. The van der Waals surface area contributed by atoms with Crippen molar-refractivity contribution in [1.29, 1.82) is 0 Å². The van der Waals surface area contributed by atoms with E-state index in [9.17, 15) is 4.79 Å². The van der Waals surface area contributed by atoms with Crippen molar-refractivity contribution < 1.29 is 4.79 Å². The van der Waals surface area contributed by atoms with Gasteiger partial charge in [0.25, 0.3) is 0 Å². The Labute approximate surface area is 101 Å². The minimum absolute atomic E-state index is 0.00384. The second kappa shape index (κ2) is 3.84. The number of amides is 1. The van der Waals surface area contributed by atoms with Crippen LogP contribution in [0.1, 0.15) is 17.5 Å². The molecule has 3 nitrogen and oxygen atoms in total. The first-order chi connectivity index (χ1) is 8.21. The van der Waals surface area contributed by atoms with E-state index in [1.54, 1.807) is 0 Å². The third-order valence-corrected chi connectivity index (χ3v) is 4.46. The highest BCUT2D eigenvalue weighted by Gasteiger charge is 2.47. The lowest BCUT2D eigenvalue weighted by atomic mass is 9.66. The Morgan fingerprint density at radius 1 is 1.35 bits per heavy atom. The molecule has 2 aliphatic rings. The zero-order chi connectivity index (χ0) is 11.9. The Morgan fingerprint density at radius 2 is 2.12 bits per heavy atom. The average Bonchev–Trinajstić information content (AvgIpc) is 2.72. The lowest BCUT2D eigenvalue weighted by Gasteiger charge is -2.37. The van der Waals surface area contributed by atoms with Gasteiger partial charge in [0.15, 0.2) is 0 Å². The summed E-state index contributed by atoms with van der Waals surface area (Å²) < 4.78 is 0. The fourth-order valence-electron chi connectivity index (χ4n) is 3.48. The Balaban J connectivity index is 1.94. The molecule has 0 bridgehead atoms. The monoisotopic (exact) mass is 230 g/mol. The van der Waals surface area contributed by atoms with Crippen molar-refractivity contribution >= 4 is 5.91 Å². The molecule has 3 rings (SSSR count). The van der Waals surface area contributed by atoms with E-state index in [1.165, 1.54) is 11.1 Å². The molecule has 1 fully saturated rings. The molecule has 90 valence electrons. The molecule has 0 radical (unpaired) electrons. The lowest BCUT2D eigenvalue weighted by Crippen LogP contribution is -2.42. The molecular weight excluding hydrogens is 212 g/mol. The minimum Gasteiger partial charge on any atom is -0.369 e. The smallest absolute Gasteiger partial charge is 0.222 e. The maximum Gasteiger partial charge on any atom is 0.222 e. The SMILES string of the molecule is NC(=O)C1CNCC12CCc1ccccc1C2. The first-order valence-electron chi connectivity index (χ1n) is 6.28. The van der Waals surface area contributed by atoms with Crippen LogP contribution in [-0.2, 0) is 17.6 Å². The predicted molar refractivity (Wildman–Crippen MR) is 66.5 cm³/mol. The van der Waals surface area contributed by atoms with Gasteiger partial charge in [-0.2, -0.15) is 0 Å². The summed E-state index contributed by atoms with van der Waals surface area (Å²) in [6, 6.07) is 8.56. The van der Waals surface area contributed by atoms with Gasteiger partial charge < -0.3 is 11.1 Å². The van der Waals surface area contributed by atoms with Crippen LogP contribution in [0.2, 0.25) is 0 Å². The Bertz CT molecular complexity index is 457. The summed E-state index contributed by atoms with van der Waals surface area (Å²) in [5.74, 6) is -0.148. The molecule has 1 saturated heterocycles. The van der Waals surface area contributed by atoms with Crippen molar-refractivity contribution in [2.24, 2.45) is 17.1 Å². The van der Waals surface area contributed by atoms with Gasteiger partial charge in [0.2, 0.25) is 5.91 Å². The predicted octanol–water partition coefficient (Wildman–Crippen LogP) is 0.866. The summed E-state index contributed by atoms with van der Waals surface area (Å²) in [6.45, 7) is 1.67. The van der Waals surface area contributed by atoms with E-state index in [0.29, 0.717) is 0 Å². The lowest BCUT2D eigenvalue weighted by molar-refractivity contribution is -0.124. The molecule has 3 heteroatoms. The first kappa shape index (κ1) is 10.8. The molecule has 2 unspecified atom stereocenters. The summed E-state index contributed by atoms with van der Waals surface area (Å²) >= 11 is 0. The number of nitrogens with two attached hydrogens (primary N) is 1. The maximum atomic E-state index is 11.6. The highest BCUT2D eigenvalue weighted by molar-refractivity contribution is 5.78. The summed E-state index contributed by atoms with van der Waals surface area (Å²) in [7, 11) is 0. The molecule has 1 aromatic carbocycles. The number of aryl methyl sites for hydroxylation is 1. The quantitative estimate of drug-likeness (QED) is 0.752. The van der Waals surface area contributed by atoms with Crippen molar-refractivity contribution in [2.75, 3.05) is 13.1 Å². The summed E-state index contributed by atoms with van der Waals surface area (Å²) in [5.41, 5.74) is 8.45. The standard InChI is InChI=1S/C14H18N2O/c15-13(17)12-8-16-9-14(12)6-5-10-3-1-2-4-11(10)7-14/h1-4,12,16H,5-9H2,(H2,15,17). The van der Waals surface area contributed by atoms with Gasteiger partial charge in [0, 0.05) is 13.1 Å². The second-order valence-electron chi connectivity index (χ2n) is 5.39. The van der Waals surface area contributed by atoms with Crippen LogP contribution in [0.25, 0.3) is 0 Å². The van der Waals surface area contributed by atoms with Crippen LogP contribution in [0.3, 0.4) is 0 Å². The second-order valence-corrected chi connectivity index (χ2v) is 5.39. The molecule has 2 atom stereocenters. The van der Waals surface area contributed by atoms with Gasteiger partial charge in [0.1, 0.15) is 0 Å². The molecule has 1 aliphatic heterocycles. The zero-order valence-electron chi connectivity index (χ0n) is 9.91. The molecule has 1 heterocycles. The van der Waals surface area contributed by atoms with E-state index < -0.39 is 0 Å². The van der Waals surface area contributed by atoms with Gasteiger partial charge >= 0.3 is 0 Å². The van der Waals surface area contributed by atoms with E-state index >= 15 is 0 Å². The van der Waals surface area contributed by atoms with Crippen molar-refractivity contribution in [3.63, 3.8) is 0 Å². The molecule has 0 aromatic heterocycles.